The van der Waals surface area contributed by atoms with Crippen LogP contribution in [-0.4, -0.2) is 33.9 Å². The van der Waals surface area contributed by atoms with Crippen LogP contribution in [0.4, 0.5) is 32.0 Å². The molecule has 3 nitrogen and oxygen atoms in total. The lowest BCUT2D eigenvalue weighted by molar-refractivity contribution is -0.206. The molecule has 0 aliphatic carbocycles. The Hall–Kier alpha value is -1.75. The van der Waals surface area contributed by atoms with Crippen LogP contribution in [0.5, 0.6) is 0 Å². The molecule has 0 unspecified atom stereocenters. The van der Waals surface area contributed by atoms with Gasteiger partial charge in [-0.2, -0.15) is 26.3 Å². The van der Waals surface area contributed by atoms with Crippen molar-refractivity contribution in [3.05, 3.63) is 63.6 Å². The van der Waals surface area contributed by atoms with E-state index in [1.54, 1.807) is 0 Å². The number of hydrogen-bond acceptors (Lipinski definition) is 2. The van der Waals surface area contributed by atoms with Crippen LogP contribution in [-0.2, 0) is 12.7 Å². The molecule has 2 rings (SSSR count). The number of rotatable bonds is 5. The summed E-state index contributed by atoms with van der Waals surface area (Å²) in [5.41, 5.74) is -0.690. The van der Waals surface area contributed by atoms with Crippen molar-refractivity contribution in [2.24, 2.45) is 0 Å². The summed E-state index contributed by atoms with van der Waals surface area (Å²) in [7, 11) is 0. The highest BCUT2D eigenvalue weighted by molar-refractivity contribution is 7.80. The molecule has 0 radical (unpaired) electrons. The summed E-state index contributed by atoms with van der Waals surface area (Å²) in [6, 6.07) is 8.30. The van der Waals surface area contributed by atoms with E-state index in [0.717, 1.165) is 23.1 Å². The first-order valence-corrected chi connectivity index (χ1v) is 9.35. The third kappa shape index (κ3) is 6.90. The second kappa shape index (κ2) is 9.59. The van der Waals surface area contributed by atoms with Gasteiger partial charge in [-0.05, 0) is 48.1 Å². The van der Waals surface area contributed by atoms with Gasteiger partial charge < -0.3 is 15.3 Å². The monoisotopic (exact) mass is 490 g/mol. The molecular weight excluding hydrogens is 477 g/mol. The fraction of sp³-hybridized carbons (Fsp3) is 0.278. The Morgan fingerprint density at radius 2 is 1.73 bits per heavy atom. The molecule has 2 N–H and O–H groups in total. The highest BCUT2D eigenvalue weighted by atomic mass is 35.5. The van der Waals surface area contributed by atoms with Crippen LogP contribution in [0.15, 0.2) is 42.5 Å². The van der Waals surface area contributed by atoms with Gasteiger partial charge in [0.05, 0.1) is 12.1 Å². The van der Waals surface area contributed by atoms with Crippen molar-refractivity contribution in [1.29, 1.82) is 0 Å². The zero-order valence-corrected chi connectivity index (χ0v) is 17.2. The molecule has 1 atom stereocenters. The zero-order chi connectivity index (χ0) is 22.7. The van der Waals surface area contributed by atoms with E-state index in [2.05, 4.69) is 5.32 Å². The number of aliphatic hydroxyl groups excluding tert-OH is 1. The van der Waals surface area contributed by atoms with Crippen LogP contribution in [0, 0.1) is 0 Å². The average molecular weight is 491 g/mol. The van der Waals surface area contributed by atoms with E-state index in [-0.39, 0.29) is 22.4 Å². The maximum Gasteiger partial charge on any atom is 0.416 e. The van der Waals surface area contributed by atoms with Gasteiger partial charge in [0.1, 0.15) is 0 Å². The van der Waals surface area contributed by atoms with E-state index in [1.807, 2.05) is 0 Å². The lowest BCUT2D eigenvalue weighted by atomic mass is 10.2. The van der Waals surface area contributed by atoms with Crippen LogP contribution in [0.25, 0.3) is 0 Å². The molecule has 2 aromatic carbocycles. The minimum Gasteiger partial charge on any atom is -0.382 e. The first-order valence-electron chi connectivity index (χ1n) is 8.19. The second-order valence-corrected chi connectivity index (χ2v) is 7.41. The van der Waals surface area contributed by atoms with E-state index >= 15 is 0 Å². The maximum absolute atomic E-state index is 12.9. The number of nitrogens with one attached hydrogen (secondary N) is 1. The Labute approximate surface area is 183 Å². The van der Waals surface area contributed by atoms with Gasteiger partial charge in [0.15, 0.2) is 11.2 Å². The lowest BCUT2D eigenvalue weighted by Gasteiger charge is -2.29. The molecule has 30 heavy (non-hydrogen) atoms. The molecule has 0 aliphatic rings. The van der Waals surface area contributed by atoms with Gasteiger partial charge >= 0.3 is 12.4 Å². The quantitative estimate of drug-likeness (QED) is 0.390. The van der Waals surface area contributed by atoms with Gasteiger partial charge in [-0.25, -0.2) is 0 Å². The van der Waals surface area contributed by atoms with Gasteiger partial charge in [-0.15, -0.1) is 0 Å². The largest absolute Gasteiger partial charge is 0.416 e. The average Bonchev–Trinajstić information content (AvgIpc) is 2.61. The summed E-state index contributed by atoms with van der Waals surface area (Å²) < 4.78 is 77.2. The van der Waals surface area contributed by atoms with Gasteiger partial charge in [-0.1, -0.05) is 35.3 Å². The van der Waals surface area contributed by atoms with E-state index in [1.165, 1.54) is 24.3 Å². The number of nitrogens with zero attached hydrogens (tertiary/aromatic N) is 1. The van der Waals surface area contributed by atoms with Crippen LogP contribution in [0.1, 0.15) is 11.1 Å². The molecular formula is C18H14Cl2F6N2OS. The topological polar surface area (TPSA) is 35.5 Å². The normalized spacial score (nSPS) is 13.1. The van der Waals surface area contributed by atoms with E-state index in [0.29, 0.717) is 10.6 Å². The number of aliphatic hydroxyl groups is 1. The van der Waals surface area contributed by atoms with Crippen LogP contribution < -0.4 is 5.32 Å². The molecule has 0 aromatic heterocycles. The summed E-state index contributed by atoms with van der Waals surface area (Å²) in [6.45, 7) is -1.22. The Bertz CT molecular complexity index is 907. The minimum absolute atomic E-state index is 0.0801. The maximum atomic E-state index is 12.9. The molecule has 0 saturated carbocycles. The number of thiocarbonyl (C=S) groups is 1. The third-order valence-electron chi connectivity index (χ3n) is 3.88. The number of alkyl halides is 6. The van der Waals surface area contributed by atoms with Crippen LogP contribution in [0.2, 0.25) is 10.0 Å². The third-order valence-corrected chi connectivity index (χ3v) is 4.82. The van der Waals surface area contributed by atoms with Crippen molar-refractivity contribution in [3.63, 3.8) is 0 Å². The van der Waals surface area contributed by atoms with Gasteiger partial charge in [0, 0.05) is 22.3 Å². The molecule has 0 spiro atoms. The first-order chi connectivity index (χ1) is 13.8. The smallest absolute Gasteiger partial charge is 0.382 e. The summed E-state index contributed by atoms with van der Waals surface area (Å²) in [4.78, 5) is 0.947. The van der Waals surface area contributed by atoms with Crippen molar-refractivity contribution < 1.29 is 31.4 Å². The molecule has 0 fully saturated rings. The lowest BCUT2D eigenvalue weighted by Crippen LogP contribution is -2.44. The van der Waals surface area contributed by atoms with Crippen molar-refractivity contribution in [3.8, 4) is 0 Å². The Balaban J connectivity index is 2.27. The van der Waals surface area contributed by atoms with Crippen molar-refractivity contribution >= 4 is 46.2 Å². The molecule has 0 heterocycles. The Morgan fingerprint density at radius 1 is 1.07 bits per heavy atom. The number of anilines is 1. The summed E-state index contributed by atoms with van der Waals surface area (Å²) in [5.74, 6) is 0. The number of hydrogen-bond donors (Lipinski definition) is 2. The standard InChI is InChI=1S/C18H14Cl2F6N2OS/c19-12-5-4-10(14(20)7-12)8-28(9-15(29)18(24,25)26)16(30)27-13-3-1-2-11(6-13)17(21,22)23/h1-7,15,29H,8-9H2,(H,27,30)/t15-/m0/s1. The first kappa shape index (κ1) is 24.5. The molecule has 0 amide bonds. The fourth-order valence-corrected chi connectivity index (χ4v) is 3.09. The summed E-state index contributed by atoms with van der Waals surface area (Å²) in [6.07, 6.45) is -12.3. The highest BCUT2D eigenvalue weighted by Gasteiger charge is 2.39. The zero-order valence-electron chi connectivity index (χ0n) is 14.9. The predicted molar refractivity (Wildman–Crippen MR) is 107 cm³/mol. The van der Waals surface area contributed by atoms with Crippen LogP contribution >= 0.6 is 35.4 Å². The molecule has 2 aromatic rings. The summed E-state index contributed by atoms with van der Waals surface area (Å²) >= 11 is 16.9. The fourth-order valence-electron chi connectivity index (χ4n) is 2.36. The number of benzene rings is 2. The molecule has 0 saturated heterocycles. The van der Waals surface area contributed by atoms with E-state index in [9.17, 15) is 31.4 Å². The van der Waals surface area contributed by atoms with Crippen molar-refractivity contribution in [2.75, 3.05) is 11.9 Å². The molecule has 0 bridgehead atoms. The second-order valence-electron chi connectivity index (χ2n) is 6.18. The van der Waals surface area contributed by atoms with Crippen LogP contribution in [0.3, 0.4) is 0 Å². The predicted octanol–water partition coefficient (Wildman–Crippen LogP) is 6.13. The van der Waals surface area contributed by atoms with Crippen molar-refractivity contribution in [2.45, 2.75) is 25.0 Å². The van der Waals surface area contributed by atoms with Gasteiger partial charge in [0.25, 0.3) is 0 Å². The Morgan fingerprint density at radius 3 is 2.30 bits per heavy atom. The number of halogens is 8. The molecule has 164 valence electrons. The van der Waals surface area contributed by atoms with Crippen molar-refractivity contribution in [1.82, 2.24) is 4.90 Å². The minimum atomic E-state index is -4.92. The van der Waals surface area contributed by atoms with Gasteiger partial charge in [0.2, 0.25) is 0 Å². The molecule has 0 aliphatic heterocycles. The van der Waals surface area contributed by atoms with Gasteiger partial charge in [-0.3, -0.25) is 0 Å². The molecule has 12 heteroatoms. The SMILES string of the molecule is O[C@@H](CN(Cc1ccc(Cl)cc1Cl)C(=S)Nc1cccc(C(F)(F)F)c1)C(F)(F)F. The highest BCUT2D eigenvalue weighted by Crippen LogP contribution is 2.31. The van der Waals surface area contributed by atoms with E-state index < -0.39 is 30.6 Å². The Kier molecular flexibility index (Phi) is 7.84. The summed E-state index contributed by atoms with van der Waals surface area (Å²) in [5, 5.41) is 12.0. The van der Waals surface area contributed by atoms with E-state index in [4.69, 9.17) is 35.4 Å².